The van der Waals surface area contributed by atoms with E-state index in [2.05, 4.69) is 9.97 Å². The number of aromatic nitrogens is 2. The molecule has 4 heteroatoms. The summed E-state index contributed by atoms with van der Waals surface area (Å²) >= 11 is 0. The molecule has 0 spiro atoms. The maximum Gasteiger partial charge on any atom is 0.321 e. The minimum Gasteiger partial charge on any atom is -0.424 e. The van der Waals surface area contributed by atoms with Crippen molar-refractivity contribution in [1.29, 1.82) is 0 Å². The third-order valence-corrected chi connectivity index (χ3v) is 2.28. The topological polar surface area (TPSA) is 61.0 Å². The van der Waals surface area contributed by atoms with Gasteiger partial charge in [0.1, 0.15) is 5.75 Å². The molecule has 4 nitrogen and oxygen atoms in total. The van der Waals surface area contributed by atoms with Crippen LogP contribution in [0.3, 0.4) is 0 Å². The largest absolute Gasteiger partial charge is 0.424 e. The van der Waals surface area contributed by atoms with Crippen LogP contribution in [0.15, 0.2) is 30.6 Å². The predicted molar refractivity (Wildman–Crippen MR) is 62.4 cm³/mol. The van der Waals surface area contributed by atoms with Crippen molar-refractivity contribution < 1.29 is 4.74 Å². The lowest BCUT2D eigenvalue weighted by atomic mass is 10.2. The molecule has 0 saturated heterocycles. The van der Waals surface area contributed by atoms with E-state index in [-0.39, 0.29) is 0 Å². The Balaban J connectivity index is 2.27. The first-order chi connectivity index (χ1) is 7.66. The summed E-state index contributed by atoms with van der Waals surface area (Å²) in [5.74, 6) is 0.684. The SMILES string of the molecule is Cc1cnc(Oc2cccc(N)c2C)nc1. The summed E-state index contributed by atoms with van der Waals surface area (Å²) < 4.78 is 5.54. The van der Waals surface area contributed by atoms with Crippen LogP contribution in [0.25, 0.3) is 0 Å². The van der Waals surface area contributed by atoms with Crippen LogP contribution in [-0.4, -0.2) is 9.97 Å². The van der Waals surface area contributed by atoms with Gasteiger partial charge in [0, 0.05) is 23.6 Å². The van der Waals surface area contributed by atoms with Crippen LogP contribution < -0.4 is 10.5 Å². The highest BCUT2D eigenvalue weighted by Crippen LogP contribution is 2.26. The van der Waals surface area contributed by atoms with Crippen LogP contribution >= 0.6 is 0 Å². The fourth-order valence-corrected chi connectivity index (χ4v) is 1.27. The van der Waals surface area contributed by atoms with Crippen molar-refractivity contribution in [3.63, 3.8) is 0 Å². The first-order valence-electron chi connectivity index (χ1n) is 4.98. The van der Waals surface area contributed by atoms with E-state index in [9.17, 15) is 0 Å². The van der Waals surface area contributed by atoms with Gasteiger partial charge in [-0.2, -0.15) is 0 Å². The second kappa shape index (κ2) is 4.18. The van der Waals surface area contributed by atoms with Gasteiger partial charge in [-0.3, -0.25) is 0 Å². The Morgan fingerprint density at radius 3 is 2.50 bits per heavy atom. The Bertz CT molecular complexity index is 494. The van der Waals surface area contributed by atoms with Gasteiger partial charge in [-0.15, -0.1) is 0 Å². The molecule has 2 rings (SSSR count). The van der Waals surface area contributed by atoms with Gasteiger partial charge in [0.2, 0.25) is 0 Å². The lowest BCUT2D eigenvalue weighted by Crippen LogP contribution is -1.96. The average Bonchev–Trinajstić information content (AvgIpc) is 2.28. The molecule has 2 N–H and O–H groups in total. The maximum atomic E-state index is 5.78. The molecule has 0 bridgehead atoms. The van der Waals surface area contributed by atoms with Crippen LogP contribution in [0.1, 0.15) is 11.1 Å². The van der Waals surface area contributed by atoms with Gasteiger partial charge in [-0.1, -0.05) is 6.07 Å². The van der Waals surface area contributed by atoms with Gasteiger partial charge in [-0.25, -0.2) is 9.97 Å². The lowest BCUT2D eigenvalue weighted by Gasteiger charge is -2.08. The average molecular weight is 215 g/mol. The Morgan fingerprint density at radius 1 is 1.12 bits per heavy atom. The minimum absolute atomic E-state index is 0.333. The Kier molecular flexibility index (Phi) is 2.72. The molecule has 0 saturated carbocycles. The van der Waals surface area contributed by atoms with Crippen molar-refractivity contribution in [1.82, 2.24) is 9.97 Å². The first kappa shape index (κ1) is 10.4. The summed E-state index contributed by atoms with van der Waals surface area (Å²) in [5, 5.41) is 0. The Hall–Kier alpha value is -2.10. The van der Waals surface area contributed by atoms with Crippen molar-refractivity contribution in [2.45, 2.75) is 13.8 Å². The zero-order valence-electron chi connectivity index (χ0n) is 9.27. The molecular formula is C12H13N3O. The van der Waals surface area contributed by atoms with E-state index in [1.807, 2.05) is 32.0 Å². The molecule has 0 radical (unpaired) electrons. The number of rotatable bonds is 2. The molecule has 0 aliphatic rings. The molecule has 0 amide bonds. The molecular weight excluding hydrogens is 202 g/mol. The van der Waals surface area contributed by atoms with Crippen molar-refractivity contribution in [3.8, 4) is 11.8 Å². The molecule has 0 fully saturated rings. The van der Waals surface area contributed by atoms with Crippen LogP contribution in [0.4, 0.5) is 5.69 Å². The highest BCUT2D eigenvalue weighted by molar-refractivity contribution is 5.53. The smallest absolute Gasteiger partial charge is 0.321 e. The molecule has 1 aromatic heterocycles. The molecule has 0 aliphatic carbocycles. The minimum atomic E-state index is 0.333. The van der Waals surface area contributed by atoms with Crippen molar-refractivity contribution in [3.05, 3.63) is 41.7 Å². The normalized spacial score (nSPS) is 10.1. The summed E-state index contributed by atoms with van der Waals surface area (Å²) in [5.41, 5.74) is 8.37. The third kappa shape index (κ3) is 2.11. The van der Waals surface area contributed by atoms with Gasteiger partial charge in [-0.05, 0) is 31.5 Å². The summed E-state index contributed by atoms with van der Waals surface area (Å²) in [7, 11) is 0. The number of anilines is 1. The third-order valence-electron chi connectivity index (χ3n) is 2.28. The number of hydrogen-bond acceptors (Lipinski definition) is 4. The van der Waals surface area contributed by atoms with E-state index in [0.29, 0.717) is 17.4 Å². The number of ether oxygens (including phenoxy) is 1. The second-order valence-corrected chi connectivity index (χ2v) is 3.62. The van der Waals surface area contributed by atoms with Crippen molar-refractivity contribution in [2.24, 2.45) is 0 Å². The summed E-state index contributed by atoms with van der Waals surface area (Å²) in [6.45, 7) is 3.83. The predicted octanol–water partition coefficient (Wildman–Crippen LogP) is 2.47. The number of hydrogen-bond donors (Lipinski definition) is 1. The molecule has 1 heterocycles. The molecule has 0 aliphatic heterocycles. The van der Waals surface area contributed by atoms with Crippen LogP contribution in [0, 0.1) is 13.8 Å². The summed E-state index contributed by atoms with van der Waals surface area (Å²) in [6, 6.07) is 5.85. The molecule has 2 aromatic rings. The molecule has 82 valence electrons. The number of nitrogens with zero attached hydrogens (tertiary/aromatic N) is 2. The van der Waals surface area contributed by atoms with Gasteiger partial charge in [0.05, 0.1) is 0 Å². The Morgan fingerprint density at radius 2 is 1.81 bits per heavy atom. The van der Waals surface area contributed by atoms with E-state index >= 15 is 0 Å². The van der Waals surface area contributed by atoms with E-state index in [1.165, 1.54) is 0 Å². The number of nitrogen functional groups attached to an aromatic ring is 1. The van der Waals surface area contributed by atoms with Gasteiger partial charge in [0.15, 0.2) is 0 Å². The number of benzene rings is 1. The Labute approximate surface area is 94.1 Å². The van der Waals surface area contributed by atoms with E-state index in [4.69, 9.17) is 10.5 Å². The van der Waals surface area contributed by atoms with Crippen molar-refractivity contribution in [2.75, 3.05) is 5.73 Å². The molecule has 16 heavy (non-hydrogen) atoms. The van der Waals surface area contributed by atoms with Gasteiger partial charge in [0.25, 0.3) is 0 Å². The molecule has 0 atom stereocenters. The van der Waals surface area contributed by atoms with Gasteiger partial charge >= 0.3 is 6.01 Å². The summed E-state index contributed by atoms with van der Waals surface area (Å²) in [4.78, 5) is 8.14. The van der Waals surface area contributed by atoms with Crippen LogP contribution in [0.5, 0.6) is 11.8 Å². The summed E-state index contributed by atoms with van der Waals surface area (Å²) in [6.07, 6.45) is 3.42. The van der Waals surface area contributed by atoms with Crippen LogP contribution in [-0.2, 0) is 0 Å². The fourth-order valence-electron chi connectivity index (χ4n) is 1.27. The zero-order valence-corrected chi connectivity index (χ0v) is 9.27. The maximum absolute atomic E-state index is 5.78. The fraction of sp³-hybridized carbons (Fsp3) is 0.167. The number of nitrogens with two attached hydrogens (primary N) is 1. The first-order valence-corrected chi connectivity index (χ1v) is 4.98. The molecule has 0 unspecified atom stereocenters. The zero-order chi connectivity index (χ0) is 11.5. The quantitative estimate of drug-likeness (QED) is 0.782. The molecule has 1 aromatic carbocycles. The standard InChI is InChI=1S/C12H13N3O/c1-8-6-14-12(15-7-8)16-11-5-3-4-10(13)9(11)2/h3-7H,13H2,1-2H3. The van der Waals surface area contributed by atoms with Gasteiger partial charge < -0.3 is 10.5 Å². The van der Waals surface area contributed by atoms with Crippen LogP contribution in [0.2, 0.25) is 0 Å². The van der Waals surface area contributed by atoms with E-state index < -0.39 is 0 Å². The number of aryl methyl sites for hydroxylation is 1. The second-order valence-electron chi connectivity index (χ2n) is 3.62. The van der Waals surface area contributed by atoms with Crippen molar-refractivity contribution >= 4 is 5.69 Å². The van der Waals surface area contributed by atoms with E-state index in [0.717, 1.165) is 11.1 Å². The lowest BCUT2D eigenvalue weighted by molar-refractivity contribution is 0.438. The highest BCUT2D eigenvalue weighted by atomic mass is 16.5. The monoisotopic (exact) mass is 215 g/mol. The highest BCUT2D eigenvalue weighted by Gasteiger charge is 2.05. The van der Waals surface area contributed by atoms with E-state index in [1.54, 1.807) is 12.4 Å².